The molecule has 1 aliphatic heterocycles. The highest BCUT2D eigenvalue weighted by Crippen LogP contribution is 2.36. The summed E-state index contributed by atoms with van der Waals surface area (Å²) in [6.45, 7) is 15.6. The van der Waals surface area contributed by atoms with Crippen LogP contribution in [-0.2, 0) is 9.16 Å². The first-order chi connectivity index (χ1) is 7.74. The molecule has 2 nitrogen and oxygen atoms in total. The van der Waals surface area contributed by atoms with Crippen LogP contribution >= 0.6 is 0 Å². The predicted octanol–water partition coefficient (Wildman–Crippen LogP) is 4.21. The van der Waals surface area contributed by atoms with Gasteiger partial charge in [0.15, 0.2) is 8.32 Å². The third-order valence-corrected chi connectivity index (χ3v) is 8.98. The lowest BCUT2D eigenvalue weighted by molar-refractivity contribution is -0.0312. The smallest absolute Gasteiger partial charge is 0.191 e. The summed E-state index contributed by atoms with van der Waals surface area (Å²) >= 11 is 0. The number of ether oxygens (including phenoxy) is 1. The quantitative estimate of drug-likeness (QED) is 0.703. The SMILES string of the molecule is C[C@@H]1CCCO[C@@H]1CCO[Si](C)(C)C(C)(C)C. The number of hydrogen-bond acceptors (Lipinski definition) is 2. The van der Waals surface area contributed by atoms with Crippen LogP contribution in [0.4, 0.5) is 0 Å². The van der Waals surface area contributed by atoms with E-state index in [4.69, 9.17) is 9.16 Å². The highest BCUT2D eigenvalue weighted by molar-refractivity contribution is 6.74. The van der Waals surface area contributed by atoms with E-state index in [0.717, 1.165) is 19.6 Å². The van der Waals surface area contributed by atoms with E-state index in [0.29, 0.717) is 17.1 Å². The first-order valence-corrected chi connectivity index (χ1v) is 9.90. The maximum absolute atomic E-state index is 6.20. The van der Waals surface area contributed by atoms with Crippen LogP contribution in [0.3, 0.4) is 0 Å². The van der Waals surface area contributed by atoms with Crippen molar-refractivity contribution in [2.24, 2.45) is 5.92 Å². The van der Waals surface area contributed by atoms with E-state index in [2.05, 4.69) is 40.8 Å². The molecule has 0 saturated carbocycles. The molecule has 2 atom stereocenters. The summed E-state index contributed by atoms with van der Waals surface area (Å²) in [6.07, 6.45) is 4.02. The largest absolute Gasteiger partial charge is 0.417 e. The molecule has 0 aromatic rings. The van der Waals surface area contributed by atoms with Gasteiger partial charge in [0.2, 0.25) is 0 Å². The fourth-order valence-corrected chi connectivity index (χ4v) is 3.07. The van der Waals surface area contributed by atoms with Gasteiger partial charge in [0.1, 0.15) is 0 Å². The highest BCUT2D eigenvalue weighted by atomic mass is 28.4. The molecule has 0 N–H and O–H groups in total. The van der Waals surface area contributed by atoms with Gasteiger partial charge in [-0.05, 0) is 43.3 Å². The van der Waals surface area contributed by atoms with Crippen LogP contribution in [-0.4, -0.2) is 27.6 Å². The van der Waals surface area contributed by atoms with E-state index in [-0.39, 0.29) is 0 Å². The van der Waals surface area contributed by atoms with Gasteiger partial charge in [-0.1, -0.05) is 27.7 Å². The molecule has 3 heteroatoms. The molecule has 0 aliphatic carbocycles. The second-order valence-corrected chi connectivity index (χ2v) is 11.7. The molecule has 0 amide bonds. The first kappa shape index (κ1) is 15.2. The average molecular weight is 258 g/mol. The summed E-state index contributed by atoms with van der Waals surface area (Å²) in [5.41, 5.74) is 0. The second-order valence-electron chi connectivity index (χ2n) is 6.93. The fourth-order valence-electron chi connectivity index (χ4n) is 2.00. The minimum atomic E-state index is -1.57. The van der Waals surface area contributed by atoms with Gasteiger partial charge in [0, 0.05) is 13.2 Å². The van der Waals surface area contributed by atoms with Crippen molar-refractivity contribution >= 4 is 8.32 Å². The fraction of sp³-hybridized carbons (Fsp3) is 1.00. The van der Waals surface area contributed by atoms with E-state index >= 15 is 0 Å². The van der Waals surface area contributed by atoms with Crippen molar-refractivity contribution in [3.63, 3.8) is 0 Å². The Labute approximate surface area is 108 Å². The van der Waals surface area contributed by atoms with Gasteiger partial charge in [-0.25, -0.2) is 0 Å². The topological polar surface area (TPSA) is 18.5 Å². The summed E-state index contributed by atoms with van der Waals surface area (Å²) in [4.78, 5) is 0. The van der Waals surface area contributed by atoms with E-state index in [1.165, 1.54) is 12.8 Å². The van der Waals surface area contributed by atoms with Crippen LogP contribution < -0.4 is 0 Å². The summed E-state index contributed by atoms with van der Waals surface area (Å²) < 4.78 is 12.0. The van der Waals surface area contributed by atoms with Crippen LogP contribution in [0.2, 0.25) is 18.1 Å². The number of hydrogen-bond donors (Lipinski definition) is 0. The Balaban J connectivity index is 2.32. The Hall–Kier alpha value is 0.137. The lowest BCUT2D eigenvalue weighted by Crippen LogP contribution is -2.41. The molecule has 17 heavy (non-hydrogen) atoms. The predicted molar refractivity (Wildman–Crippen MR) is 75.9 cm³/mol. The third kappa shape index (κ3) is 4.38. The summed E-state index contributed by atoms with van der Waals surface area (Å²) in [6, 6.07) is 0. The maximum atomic E-state index is 6.20. The van der Waals surface area contributed by atoms with Gasteiger partial charge in [-0.15, -0.1) is 0 Å². The van der Waals surface area contributed by atoms with Crippen molar-refractivity contribution in [1.29, 1.82) is 0 Å². The van der Waals surface area contributed by atoms with Gasteiger partial charge >= 0.3 is 0 Å². The minimum Gasteiger partial charge on any atom is -0.417 e. The Morgan fingerprint density at radius 3 is 2.47 bits per heavy atom. The van der Waals surface area contributed by atoms with Crippen molar-refractivity contribution in [2.45, 2.75) is 71.2 Å². The molecule has 0 spiro atoms. The molecule has 0 unspecified atom stereocenters. The van der Waals surface area contributed by atoms with Crippen molar-refractivity contribution < 1.29 is 9.16 Å². The lowest BCUT2D eigenvalue weighted by atomic mass is 9.95. The molecule has 0 radical (unpaired) electrons. The molecule has 1 saturated heterocycles. The molecule has 0 bridgehead atoms. The molecular formula is C14H30O2Si. The van der Waals surface area contributed by atoms with Gasteiger partial charge in [-0.2, -0.15) is 0 Å². The van der Waals surface area contributed by atoms with Crippen LogP contribution in [0.5, 0.6) is 0 Å². The zero-order valence-electron chi connectivity index (χ0n) is 12.5. The highest BCUT2D eigenvalue weighted by Gasteiger charge is 2.37. The second kappa shape index (κ2) is 5.85. The maximum Gasteiger partial charge on any atom is 0.191 e. The van der Waals surface area contributed by atoms with Crippen molar-refractivity contribution in [3.05, 3.63) is 0 Å². The Morgan fingerprint density at radius 1 is 1.29 bits per heavy atom. The minimum absolute atomic E-state index is 0.312. The molecule has 1 rings (SSSR count). The molecular weight excluding hydrogens is 228 g/mol. The zero-order chi connectivity index (χ0) is 13.1. The van der Waals surface area contributed by atoms with Crippen molar-refractivity contribution in [2.75, 3.05) is 13.2 Å². The van der Waals surface area contributed by atoms with E-state index < -0.39 is 8.32 Å². The first-order valence-electron chi connectivity index (χ1n) is 6.99. The summed E-state index contributed by atoms with van der Waals surface area (Å²) in [7, 11) is -1.57. The monoisotopic (exact) mass is 258 g/mol. The normalized spacial score (nSPS) is 27.2. The molecule has 0 aromatic carbocycles. The summed E-state index contributed by atoms with van der Waals surface area (Å²) in [5, 5.41) is 0.312. The van der Waals surface area contributed by atoms with Crippen LogP contribution in [0, 0.1) is 5.92 Å². The van der Waals surface area contributed by atoms with Crippen LogP contribution in [0.15, 0.2) is 0 Å². The van der Waals surface area contributed by atoms with Gasteiger partial charge in [0.25, 0.3) is 0 Å². The van der Waals surface area contributed by atoms with Gasteiger partial charge < -0.3 is 9.16 Å². The van der Waals surface area contributed by atoms with Crippen molar-refractivity contribution in [1.82, 2.24) is 0 Å². The van der Waals surface area contributed by atoms with Crippen molar-refractivity contribution in [3.8, 4) is 0 Å². The van der Waals surface area contributed by atoms with Crippen LogP contribution in [0.1, 0.15) is 47.0 Å². The van der Waals surface area contributed by atoms with Gasteiger partial charge in [0.05, 0.1) is 6.10 Å². The van der Waals surface area contributed by atoms with E-state index in [1.807, 2.05) is 0 Å². The van der Waals surface area contributed by atoms with Crippen LogP contribution in [0.25, 0.3) is 0 Å². The lowest BCUT2D eigenvalue weighted by Gasteiger charge is -2.37. The molecule has 1 fully saturated rings. The van der Waals surface area contributed by atoms with E-state index in [1.54, 1.807) is 0 Å². The standard InChI is InChI=1S/C14H30O2Si/c1-12-8-7-10-15-13(12)9-11-16-17(5,6)14(2,3)4/h12-13H,7-11H2,1-6H3/t12-,13-/m1/s1. The molecule has 102 valence electrons. The summed E-state index contributed by atoms with van der Waals surface area (Å²) in [5.74, 6) is 0.701. The Kier molecular flexibility index (Phi) is 5.23. The molecule has 0 aromatic heterocycles. The Bertz CT molecular complexity index is 233. The number of rotatable bonds is 4. The average Bonchev–Trinajstić information content (AvgIpc) is 2.19. The third-order valence-electron chi connectivity index (χ3n) is 4.44. The molecule has 1 aliphatic rings. The van der Waals surface area contributed by atoms with E-state index in [9.17, 15) is 0 Å². The zero-order valence-corrected chi connectivity index (χ0v) is 13.5. The van der Waals surface area contributed by atoms with Gasteiger partial charge in [-0.3, -0.25) is 0 Å². The Morgan fingerprint density at radius 2 is 1.94 bits per heavy atom. The molecule has 1 heterocycles.